The summed E-state index contributed by atoms with van der Waals surface area (Å²) >= 11 is 0. The molecule has 0 N–H and O–H groups in total. The van der Waals surface area contributed by atoms with Crippen molar-refractivity contribution >= 4 is 0 Å². The standard InChI is InChI=1S/C8H19N.C6H14.C2H6/c1-4-7-9(6-3)8-5-2;1-3-5-6-4-2;1-2/h4-8H2,1-3H3;3-6H2,1-2H3;1-2H3. The van der Waals surface area contributed by atoms with Gasteiger partial charge in [0, 0.05) is 0 Å². The molecule has 1 heteroatoms. The molecule has 0 aromatic rings. The second-order valence-electron chi connectivity index (χ2n) is 4.14. The minimum Gasteiger partial charge on any atom is -0.304 e. The van der Waals surface area contributed by atoms with Gasteiger partial charge < -0.3 is 4.90 Å². The van der Waals surface area contributed by atoms with E-state index < -0.39 is 0 Å². The van der Waals surface area contributed by atoms with Gasteiger partial charge in [-0.25, -0.2) is 0 Å². The van der Waals surface area contributed by atoms with Gasteiger partial charge >= 0.3 is 0 Å². The molecule has 1 nitrogen and oxygen atoms in total. The van der Waals surface area contributed by atoms with E-state index in [2.05, 4.69) is 39.5 Å². The van der Waals surface area contributed by atoms with Gasteiger partial charge in [-0.2, -0.15) is 0 Å². The zero-order valence-corrected chi connectivity index (χ0v) is 13.8. The fourth-order valence-electron chi connectivity index (χ4n) is 1.56. The highest BCUT2D eigenvalue weighted by molar-refractivity contribution is 4.50. The average Bonchev–Trinajstić information content (AvgIpc) is 2.39. The maximum absolute atomic E-state index is 2.49. The molecule has 17 heavy (non-hydrogen) atoms. The van der Waals surface area contributed by atoms with E-state index in [1.54, 1.807) is 0 Å². The number of nitrogens with zero attached hydrogens (tertiary/aromatic N) is 1. The molecule has 0 atom stereocenters. The monoisotopic (exact) mass is 245 g/mol. The van der Waals surface area contributed by atoms with Crippen LogP contribution in [0.15, 0.2) is 0 Å². The molecule has 0 aliphatic heterocycles. The first kappa shape index (κ1) is 22.2. The van der Waals surface area contributed by atoms with Crippen LogP contribution in [0.2, 0.25) is 0 Å². The maximum Gasteiger partial charge on any atom is -0.00215 e. The first-order valence-electron chi connectivity index (χ1n) is 7.98. The Morgan fingerprint density at radius 3 is 1.12 bits per heavy atom. The highest BCUT2D eigenvalue weighted by Crippen LogP contribution is 1.95. The number of unbranched alkanes of at least 4 members (excludes halogenated alkanes) is 3. The van der Waals surface area contributed by atoms with Crippen LogP contribution in [0.25, 0.3) is 0 Å². The first-order valence-corrected chi connectivity index (χ1v) is 7.98. The van der Waals surface area contributed by atoms with Gasteiger partial charge in [-0.15, -0.1) is 0 Å². The van der Waals surface area contributed by atoms with E-state index in [1.165, 1.54) is 58.2 Å². The Hall–Kier alpha value is -0.0400. The molecule has 0 bridgehead atoms. The number of hydrogen-bond donors (Lipinski definition) is 0. The Morgan fingerprint density at radius 2 is 0.941 bits per heavy atom. The second kappa shape index (κ2) is 25.0. The summed E-state index contributed by atoms with van der Waals surface area (Å²) in [5, 5.41) is 0. The second-order valence-corrected chi connectivity index (χ2v) is 4.14. The van der Waals surface area contributed by atoms with Crippen molar-refractivity contribution in [2.75, 3.05) is 19.6 Å². The summed E-state index contributed by atoms with van der Waals surface area (Å²) in [5.74, 6) is 0. The van der Waals surface area contributed by atoms with Crippen LogP contribution >= 0.6 is 0 Å². The fraction of sp³-hybridized carbons (Fsp3) is 1.00. The Labute approximate surface area is 112 Å². The summed E-state index contributed by atoms with van der Waals surface area (Å²) < 4.78 is 0. The normalized spacial score (nSPS) is 9.18. The Balaban J connectivity index is -0.000000213. The summed E-state index contributed by atoms with van der Waals surface area (Å²) in [6, 6.07) is 0. The first-order chi connectivity index (χ1) is 8.26. The van der Waals surface area contributed by atoms with Crippen molar-refractivity contribution < 1.29 is 0 Å². The van der Waals surface area contributed by atoms with Crippen molar-refractivity contribution in [1.82, 2.24) is 4.90 Å². The summed E-state index contributed by atoms with van der Waals surface area (Å²) in [4.78, 5) is 2.49. The van der Waals surface area contributed by atoms with Gasteiger partial charge in [-0.3, -0.25) is 0 Å². The van der Waals surface area contributed by atoms with E-state index in [9.17, 15) is 0 Å². The molecule has 0 spiro atoms. The van der Waals surface area contributed by atoms with Crippen LogP contribution < -0.4 is 0 Å². The van der Waals surface area contributed by atoms with Crippen molar-refractivity contribution in [2.45, 2.75) is 87.0 Å². The Bertz CT molecular complexity index is 81.5. The summed E-state index contributed by atoms with van der Waals surface area (Å²) in [6.07, 6.45) is 8.11. The minimum absolute atomic E-state index is 1.21. The van der Waals surface area contributed by atoms with E-state index >= 15 is 0 Å². The van der Waals surface area contributed by atoms with Crippen LogP contribution in [0.5, 0.6) is 0 Å². The molecule has 0 unspecified atom stereocenters. The molecular formula is C16H39N. The molecule has 0 heterocycles. The number of hydrogen-bond acceptors (Lipinski definition) is 1. The molecule has 0 saturated carbocycles. The SMILES string of the molecule is CC.CCCCCC.CCCN(CC)CCC. The van der Waals surface area contributed by atoms with Crippen molar-refractivity contribution in [1.29, 1.82) is 0 Å². The van der Waals surface area contributed by atoms with Gasteiger partial charge in [0.15, 0.2) is 0 Å². The van der Waals surface area contributed by atoms with Crippen LogP contribution in [0, 0.1) is 0 Å². The predicted octanol–water partition coefficient (Wildman–Crippen LogP) is 5.74. The Morgan fingerprint density at radius 1 is 0.588 bits per heavy atom. The molecule has 108 valence electrons. The van der Waals surface area contributed by atoms with Crippen molar-refractivity contribution in [3.63, 3.8) is 0 Å². The highest BCUT2D eigenvalue weighted by Gasteiger charge is 1.95. The molecule has 0 radical (unpaired) electrons. The molecule has 0 rings (SSSR count). The van der Waals surface area contributed by atoms with Crippen LogP contribution in [-0.4, -0.2) is 24.5 Å². The van der Waals surface area contributed by atoms with Gasteiger partial charge in [-0.05, 0) is 32.5 Å². The quantitative estimate of drug-likeness (QED) is 0.493. The van der Waals surface area contributed by atoms with Gasteiger partial charge in [0.2, 0.25) is 0 Å². The van der Waals surface area contributed by atoms with E-state index in [4.69, 9.17) is 0 Å². The lowest BCUT2D eigenvalue weighted by Crippen LogP contribution is -2.24. The average molecular weight is 245 g/mol. The van der Waals surface area contributed by atoms with E-state index in [0.29, 0.717) is 0 Å². The van der Waals surface area contributed by atoms with E-state index in [-0.39, 0.29) is 0 Å². The summed E-state index contributed by atoms with van der Waals surface area (Å²) in [5.41, 5.74) is 0. The molecule has 0 saturated heterocycles. The van der Waals surface area contributed by atoms with E-state index in [0.717, 1.165) is 0 Å². The predicted molar refractivity (Wildman–Crippen MR) is 83.9 cm³/mol. The van der Waals surface area contributed by atoms with Crippen molar-refractivity contribution in [3.8, 4) is 0 Å². The third-order valence-corrected chi connectivity index (χ3v) is 2.48. The molecular weight excluding hydrogens is 206 g/mol. The van der Waals surface area contributed by atoms with Crippen LogP contribution in [-0.2, 0) is 0 Å². The number of rotatable bonds is 8. The molecule has 0 fully saturated rings. The lowest BCUT2D eigenvalue weighted by molar-refractivity contribution is 0.289. The van der Waals surface area contributed by atoms with Crippen molar-refractivity contribution in [3.05, 3.63) is 0 Å². The molecule has 0 aromatic carbocycles. The van der Waals surface area contributed by atoms with Crippen LogP contribution in [0.4, 0.5) is 0 Å². The largest absolute Gasteiger partial charge is 0.304 e. The van der Waals surface area contributed by atoms with Gasteiger partial charge in [-0.1, -0.05) is 74.1 Å². The van der Waals surface area contributed by atoms with Crippen LogP contribution in [0.3, 0.4) is 0 Å². The summed E-state index contributed by atoms with van der Waals surface area (Å²) in [7, 11) is 0. The van der Waals surface area contributed by atoms with Crippen molar-refractivity contribution in [2.24, 2.45) is 0 Å². The Kier molecular flexibility index (Phi) is 32.6. The smallest absolute Gasteiger partial charge is 0.00215 e. The lowest BCUT2D eigenvalue weighted by atomic mass is 10.2. The molecule has 0 aliphatic rings. The maximum atomic E-state index is 2.49. The zero-order valence-electron chi connectivity index (χ0n) is 13.8. The zero-order chi connectivity index (χ0) is 13.9. The minimum atomic E-state index is 1.21. The van der Waals surface area contributed by atoms with Gasteiger partial charge in [0.05, 0.1) is 0 Å². The molecule has 0 aliphatic carbocycles. The molecule has 0 aromatic heterocycles. The fourth-order valence-corrected chi connectivity index (χ4v) is 1.56. The molecule has 0 amide bonds. The van der Waals surface area contributed by atoms with Gasteiger partial charge in [0.25, 0.3) is 0 Å². The van der Waals surface area contributed by atoms with E-state index in [1.807, 2.05) is 13.8 Å². The third-order valence-electron chi connectivity index (χ3n) is 2.48. The lowest BCUT2D eigenvalue weighted by Gasteiger charge is -2.17. The summed E-state index contributed by atoms with van der Waals surface area (Å²) in [6.45, 7) is 18.9. The topological polar surface area (TPSA) is 3.24 Å². The third kappa shape index (κ3) is 25.9. The van der Waals surface area contributed by atoms with Crippen LogP contribution in [0.1, 0.15) is 87.0 Å². The van der Waals surface area contributed by atoms with Gasteiger partial charge in [0.1, 0.15) is 0 Å². The highest BCUT2D eigenvalue weighted by atomic mass is 15.1.